The Bertz CT molecular complexity index is 1030. The summed E-state index contributed by atoms with van der Waals surface area (Å²) in [6, 6.07) is 15.4. The van der Waals surface area contributed by atoms with E-state index in [1.807, 2.05) is 6.07 Å². The van der Waals surface area contributed by atoms with E-state index in [9.17, 15) is 13.2 Å². The van der Waals surface area contributed by atoms with Gasteiger partial charge in [0.1, 0.15) is 5.03 Å². The second-order valence-electron chi connectivity index (χ2n) is 5.88. The highest BCUT2D eigenvalue weighted by Gasteiger charge is 2.16. The van der Waals surface area contributed by atoms with Crippen LogP contribution in [0.2, 0.25) is 0 Å². The van der Waals surface area contributed by atoms with Crippen molar-refractivity contribution in [1.82, 2.24) is 15.3 Å². The number of pyridine rings is 2. The number of sulfone groups is 1. The number of aromatic nitrogens is 2. The van der Waals surface area contributed by atoms with Crippen LogP contribution in [0, 0.1) is 0 Å². The maximum atomic E-state index is 12.5. The normalized spacial score (nSPS) is 11.1. The highest BCUT2D eigenvalue weighted by molar-refractivity contribution is 8.00. The first-order valence-corrected chi connectivity index (χ1v) is 11.2. The van der Waals surface area contributed by atoms with E-state index in [0.29, 0.717) is 27.8 Å². The molecule has 0 saturated carbocycles. The van der Waals surface area contributed by atoms with Crippen molar-refractivity contribution in [1.29, 1.82) is 0 Å². The first kappa shape index (κ1) is 20.0. The summed E-state index contributed by atoms with van der Waals surface area (Å²) in [5, 5.41) is 3.35. The van der Waals surface area contributed by atoms with Gasteiger partial charge in [0.2, 0.25) is 0 Å². The Morgan fingerprint density at radius 1 is 1.00 bits per heavy atom. The number of benzene rings is 1. The van der Waals surface area contributed by atoms with Crippen LogP contribution < -0.4 is 5.32 Å². The molecule has 0 radical (unpaired) electrons. The van der Waals surface area contributed by atoms with Gasteiger partial charge in [-0.3, -0.25) is 9.78 Å². The summed E-state index contributed by atoms with van der Waals surface area (Å²) < 4.78 is 24.8. The lowest BCUT2D eigenvalue weighted by molar-refractivity contribution is 0.0947. The van der Waals surface area contributed by atoms with Crippen molar-refractivity contribution >= 4 is 27.5 Å². The van der Waals surface area contributed by atoms with Gasteiger partial charge in [0.05, 0.1) is 16.2 Å². The van der Waals surface area contributed by atoms with Crippen molar-refractivity contribution in [2.45, 2.75) is 16.5 Å². The Kier molecular flexibility index (Phi) is 6.78. The van der Waals surface area contributed by atoms with Crippen LogP contribution in [0.3, 0.4) is 0 Å². The maximum absolute atomic E-state index is 12.5. The average molecular weight is 414 g/mol. The van der Waals surface area contributed by atoms with Crippen LogP contribution in [0.4, 0.5) is 0 Å². The quantitative estimate of drug-likeness (QED) is 0.571. The highest BCUT2D eigenvalue weighted by atomic mass is 32.2. The number of amides is 1. The third kappa shape index (κ3) is 5.40. The van der Waals surface area contributed by atoms with Gasteiger partial charge in [-0.05, 0) is 35.9 Å². The van der Waals surface area contributed by atoms with Gasteiger partial charge in [-0.25, -0.2) is 13.4 Å². The van der Waals surface area contributed by atoms with E-state index in [0.717, 1.165) is 5.56 Å². The zero-order chi connectivity index (χ0) is 19.8. The predicted octanol–water partition coefficient (Wildman–Crippen LogP) is 2.97. The zero-order valence-electron chi connectivity index (χ0n) is 15.0. The van der Waals surface area contributed by atoms with Gasteiger partial charge in [0.15, 0.2) is 9.84 Å². The molecule has 0 bridgehead atoms. The molecule has 3 aromatic rings. The number of rotatable bonds is 8. The van der Waals surface area contributed by atoms with Crippen LogP contribution in [-0.2, 0) is 16.4 Å². The van der Waals surface area contributed by atoms with Crippen molar-refractivity contribution in [3.8, 4) is 0 Å². The van der Waals surface area contributed by atoms with Crippen LogP contribution in [0.15, 0.2) is 83.1 Å². The maximum Gasteiger partial charge on any atom is 0.254 e. The molecule has 144 valence electrons. The molecule has 0 fully saturated rings. The topological polar surface area (TPSA) is 89.0 Å². The third-order valence-electron chi connectivity index (χ3n) is 3.88. The van der Waals surface area contributed by atoms with Gasteiger partial charge in [0, 0.05) is 30.9 Å². The van der Waals surface area contributed by atoms with E-state index in [4.69, 9.17) is 0 Å². The lowest BCUT2D eigenvalue weighted by Crippen LogP contribution is -2.23. The molecule has 0 aliphatic heterocycles. The molecule has 6 nitrogen and oxygen atoms in total. The van der Waals surface area contributed by atoms with E-state index < -0.39 is 9.84 Å². The fourth-order valence-corrected chi connectivity index (χ4v) is 5.12. The van der Waals surface area contributed by atoms with E-state index in [2.05, 4.69) is 15.3 Å². The Balaban J connectivity index is 1.61. The summed E-state index contributed by atoms with van der Waals surface area (Å²) in [6.45, 7) is 0.355. The molecule has 0 spiro atoms. The van der Waals surface area contributed by atoms with Crippen molar-refractivity contribution < 1.29 is 13.2 Å². The smallest absolute Gasteiger partial charge is 0.254 e. The summed E-state index contributed by atoms with van der Waals surface area (Å²) in [7, 11) is -3.37. The number of carbonyl (C=O) groups is 1. The van der Waals surface area contributed by atoms with Gasteiger partial charge in [-0.2, -0.15) is 0 Å². The fourth-order valence-electron chi connectivity index (χ4n) is 2.45. The van der Waals surface area contributed by atoms with Crippen molar-refractivity contribution in [2.75, 3.05) is 11.5 Å². The van der Waals surface area contributed by atoms with E-state index in [-0.39, 0.29) is 11.7 Å². The predicted molar refractivity (Wildman–Crippen MR) is 109 cm³/mol. The number of hydrogen-bond donors (Lipinski definition) is 1. The summed E-state index contributed by atoms with van der Waals surface area (Å²) >= 11 is 1.26. The second kappa shape index (κ2) is 9.48. The molecular weight excluding hydrogens is 394 g/mol. The average Bonchev–Trinajstić information content (AvgIpc) is 2.74. The molecule has 8 heteroatoms. The molecule has 2 aromatic heterocycles. The molecule has 2 heterocycles. The highest BCUT2D eigenvalue weighted by Crippen LogP contribution is 2.21. The Hall–Kier alpha value is -2.71. The molecule has 1 amide bonds. The SMILES string of the molecule is O=C(NCc1cccnc1)c1cccnc1SCCS(=O)(=O)c1ccccc1. The lowest BCUT2D eigenvalue weighted by Gasteiger charge is -2.09. The first-order valence-electron chi connectivity index (χ1n) is 8.59. The summed E-state index contributed by atoms with van der Waals surface area (Å²) in [4.78, 5) is 21.1. The number of carbonyl (C=O) groups excluding carboxylic acids is 1. The van der Waals surface area contributed by atoms with E-state index in [1.54, 1.807) is 67.1 Å². The van der Waals surface area contributed by atoms with Crippen LogP contribution in [0.25, 0.3) is 0 Å². The number of thioether (sulfide) groups is 1. The molecule has 3 rings (SSSR count). The standard InChI is InChI=1S/C20H19N3O3S2/c24-19(23-15-16-6-4-10-21-14-16)18-9-5-11-22-20(18)27-12-13-28(25,26)17-7-2-1-3-8-17/h1-11,14H,12-13,15H2,(H,23,24). The van der Waals surface area contributed by atoms with Gasteiger partial charge in [-0.1, -0.05) is 24.3 Å². The number of nitrogens with zero attached hydrogens (tertiary/aromatic N) is 2. The molecule has 28 heavy (non-hydrogen) atoms. The van der Waals surface area contributed by atoms with Crippen molar-refractivity contribution in [3.63, 3.8) is 0 Å². The summed E-state index contributed by atoms with van der Waals surface area (Å²) in [6.07, 6.45) is 4.95. The molecule has 0 saturated heterocycles. The fraction of sp³-hybridized carbons (Fsp3) is 0.150. The van der Waals surface area contributed by atoms with Gasteiger partial charge < -0.3 is 5.32 Å². The zero-order valence-corrected chi connectivity index (χ0v) is 16.6. The van der Waals surface area contributed by atoms with Crippen LogP contribution >= 0.6 is 11.8 Å². The molecule has 0 aliphatic carbocycles. The van der Waals surface area contributed by atoms with Gasteiger partial charge in [-0.15, -0.1) is 11.8 Å². The van der Waals surface area contributed by atoms with E-state index >= 15 is 0 Å². The molecule has 0 atom stereocenters. The molecule has 1 aromatic carbocycles. The molecule has 0 aliphatic rings. The Labute approximate surface area is 168 Å². The molecule has 1 N–H and O–H groups in total. The Morgan fingerprint density at radius 3 is 2.54 bits per heavy atom. The summed E-state index contributed by atoms with van der Waals surface area (Å²) in [5.41, 5.74) is 1.32. The molecular formula is C20H19N3O3S2. The third-order valence-corrected chi connectivity index (χ3v) is 6.88. The minimum absolute atomic E-state index is 0.0327. The number of nitrogens with one attached hydrogen (secondary N) is 1. The van der Waals surface area contributed by atoms with Crippen LogP contribution in [0.1, 0.15) is 15.9 Å². The first-order chi connectivity index (χ1) is 13.6. The number of hydrogen-bond acceptors (Lipinski definition) is 6. The monoisotopic (exact) mass is 413 g/mol. The minimum Gasteiger partial charge on any atom is -0.348 e. The molecule has 0 unspecified atom stereocenters. The van der Waals surface area contributed by atoms with Crippen molar-refractivity contribution in [2.24, 2.45) is 0 Å². The lowest BCUT2D eigenvalue weighted by atomic mass is 10.2. The Morgan fingerprint density at radius 2 is 1.79 bits per heavy atom. The van der Waals surface area contributed by atoms with Crippen molar-refractivity contribution in [3.05, 3.63) is 84.3 Å². The largest absolute Gasteiger partial charge is 0.348 e. The van der Waals surface area contributed by atoms with Gasteiger partial charge in [0.25, 0.3) is 5.91 Å². The minimum atomic E-state index is -3.37. The van der Waals surface area contributed by atoms with Crippen LogP contribution in [-0.4, -0.2) is 35.8 Å². The van der Waals surface area contributed by atoms with Gasteiger partial charge >= 0.3 is 0 Å². The van der Waals surface area contributed by atoms with Crippen LogP contribution in [0.5, 0.6) is 0 Å². The van der Waals surface area contributed by atoms with E-state index in [1.165, 1.54) is 11.8 Å². The summed E-state index contributed by atoms with van der Waals surface area (Å²) in [5.74, 6) is 0.0110. The second-order valence-corrected chi connectivity index (χ2v) is 9.07.